The summed E-state index contributed by atoms with van der Waals surface area (Å²) in [5, 5.41) is 3.39. The van der Waals surface area contributed by atoms with Crippen molar-refractivity contribution in [3.63, 3.8) is 0 Å². The molecule has 1 aromatic rings. The van der Waals surface area contributed by atoms with Gasteiger partial charge in [0.25, 0.3) is 0 Å². The van der Waals surface area contributed by atoms with Crippen LogP contribution in [0.15, 0.2) is 18.3 Å². The Hall–Kier alpha value is -1.13. The summed E-state index contributed by atoms with van der Waals surface area (Å²) in [5.74, 6) is 1.31. The van der Waals surface area contributed by atoms with Crippen LogP contribution in [0.1, 0.15) is 18.4 Å². The summed E-state index contributed by atoms with van der Waals surface area (Å²) < 4.78 is 10.9. The van der Waals surface area contributed by atoms with Gasteiger partial charge < -0.3 is 14.8 Å². The van der Waals surface area contributed by atoms with Gasteiger partial charge in [0, 0.05) is 18.3 Å². The summed E-state index contributed by atoms with van der Waals surface area (Å²) in [6.45, 7) is 3.61. The minimum atomic E-state index is 0.577. The largest absolute Gasteiger partial charge is 0.481 e. The molecule has 4 nitrogen and oxygen atoms in total. The van der Waals surface area contributed by atoms with Crippen LogP contribution in [0.5, 0.6) is 5.88 Å². The van der Waals surface area contributed by atoms with Gasteiger partial charge in [-0.3, -0.25) is 0 Å². The average molecular weight is 236 g/mol. The smallest absolute Gasteiger partial charge is 0.218 e. The average Bonchev–Trinajstić information content (AvgIpc) is 2.40. The topological polar surface area (TPSA) is 43.4 Å². The third-order valence-electron chi connectivity index (χ3n) is 3.05. The molecule has 0 aromatic carbocycles. The lowest BCUT2D eigenvalue weighted by Crippen LogP contribution is -2.32. The maximum absolute atomic E-state index is 5.74. The highest BCUT2D eigenvalue weighted by Crippen LogP contribution is 2.16. The second-order valence-electron chi connectivity index (χ2n) is 4.40. The molecule has 2 rings (SSSR count). The zero-order valence-corrected chi connectivity index (χ0v) is 10.3. The minimum absolute atomic E-state index is 0.577. The van der Waals surface area contributed by atoms with Gasteiger partial charge in [0.05, 0.1) is 20.3 Å². The summed E-state index contributed by atoms with van der Waals surface area (Å²) in [6.07, 6.45) is 4.24. The molecule has 1 aliphatic rings. The van der Waals surface area contributed by atoms with Crippen molar-refractivity contribution in [3.05, 3.63) is 23.9 Å². The number of nitrogens with zero attached hydrogens (tertiary/aromatic N) is 1. The monoisotopic (exact) mass is 236 g/mol. The Balaban J connectivity index is 1.77. The summed E-state index contributed by atoms with van der Waals surface area (Å²) in [7, 11) is 1.64. The second-order valence-corrected chi connectivity index (χ2v) is 4.40. The Labute approximate surface area is 102 Å². The number of rotatable bonds is 5. The van der Waals surface area contributed by atoms with E-state index in [1.165, 1.54) is 12.8 Å². The molecule has 1 atom stereocenters. The molecule has 1 N–H and O–H groups in total. The standard InChI is InChI=1S/C13H20N2O2/c1-16-13-12(5-3-7-15-13)10-17-9-11-4-2-6-14-8-11/h3,5,7,11,14H,2,4,6,8-10H2,1H3. The summed E-state index contributed by atoms with van der Waals surface area (Å²) >= 11 is 0. The van der Waals surface area contributed by atoms with Crippen LogP contribution in [0.25, 0.3) is 0 Å². The van der Waals surface area contributed by atoms with Crippen LogP contribution in [0.3, 0.4) is 0 Å². The van der Waals surface area contributed by atoms with E-state index < -0.39 is 0 Å². The van der Waals surface area contributed by atoms with Crippen molar-refractivity contribution in [2.45, 2.75) is 19.4 Å². The van der Waals surface area contributed by atoms with E-state index >= 15 is 0 Å². The lowest BCUT2D eigenvalue weighted by molar-refractivity contribution is 0.0767. The first-order chi connectivity index (χ1) is 8.40. The fourth-order valence-electron chi connectivity index (χ4n) is 2.12. The van der Waals surface area contributed by atoms with Gasteiger partial charge in [-0.05, 0) is 37.4 Å². The SMILES string of the molecule is COc1ncccc1COCC1CCCNC1. The van der Waals surface area contributed by atoms with Crippen molar-refractivity contribution in [1.29, 1.82) is 0 Å². The van der Waals surface area contributed by atoms with Crippen LogP contribution in [0.4, 0.5) is 0 Å². The maximum Gasteiger partial charge on any atom is 0.218 e. The third kappa shape index (κ3) is 3.68. The van der Waals surface area contributed by atoms with E-state index in [1.54, 1.807) is 13.3 Å². The van der Waals surface area contributed by atoms with Crippen molar-refractivity contribution in [2.75, 3.05) is 26.8 Å². The van der Waals surface area contributed by atoms with E-state index in [0.717, 1.165) is 25.3 Å². The zero-order chi connectivity index (χ0) is 11.9. The molecule has 1 aliphatic heterocycles. The van der Waals surface area contributed by atoms with Crippen molar-refractivity contribution >= 4 is 0 Å². The van der Waals surface area contributed by atoms with Gasteiger partial charge >= 0.3 is 0 Å². The molecule has 1 fully saturated rings. The second kappa shape index (κ2) is 6.57. The molecule has 1 aromatic heterocycles. The molecule has 4 heteroatoms. The number of ether oxygens (including phenoxy) is 2. The van der Waals surface area contributed by atoms with Crippen molar-refractivity contribution in [3.8, 4) is 5.88 Å². The molecule has 1 unspecified atom stereocenters. The molecule has 0 aliphatic carbocycles. The number of hydrogen-bond donors (Lipinski definition) is 1. The van der Waals surface area contributed by atoms with Crippen LogP contribution in [-0.2, 0) is 11.3 Å². The highest BCUT2D eigenvalue weighted by atomic mass is 16.5. The van der Waals surface area contributed by atoms with Crippen LogP contribution in [0.2, 0.25) is 0 Å². The summed E-state index contributed by atoms with van der Waals surface area (Å²) in [5.41, 5.74) is 1.01. The van der Waals surface area contributed by atoms with E-state index in [4.69, 9.17) is 9.47 Å². The Kier molecular flexibility index (Phi) is 4.76. The van der Waals surface area contributed by atoms with E-state index in [-0.39, 0.29) is 0 Å². The van der Waals surface area contributed by atoms with Crippen LogP contribution in [0, 0.1) is 5.92 Å². The quantitative estimate of drug-likeness (QED) is 0.843. The maximum atomic E-state index is 5.74. The van der Waals surface area contributed by atoms with Crippen LogP contribution < -0.4 is 10.1 Å². The number of piperidine rings is 1. The molecule has 1 saturated heterocycles. The number of pyridine rings is 1. The number of methoxy groups -OCH3 is 1. The number of aromatic nitrogens is 1. The Morgan fingerprint density at radius 1 is 1.53 bits per heavy atom. The first-order valence-electron chi connectivity index (χ1n) is 6.16. The fourth-order valence-corrected chi connectivity index (χ4v) is 2.12. The molecular formula is C13H20N2O2. The molecule has 94 valence electrons. The molecule has 0 saturated carbocycles. The summed E-state index contributed by atoms with van der Waals surface area (Å²) in [4.78, 5) is 4.15. The van der Waals surface area contributed by atoms with Gasteiger partial charge in [0.1, 0.15) is 0 Å². The van der Waals surface area contributed by atoms with Crippen molar-refractivity contribution in [2.24, 2.45) is 5.92 Å². The van der Waals surface area contributed by atoms with E-state index in [2.05, 4.69) is 10.3 Å². The van der Waals surface area contributed by atoms with E-state index in [1.807, 2.05) is 12.1 Å². The molecule has 0 spiro atoms. The van der Waals surface area contributed by atoms with Gasteiger partial charge in [0.15, 0.2) is 0 Å². The van der Waals surface area contributed by atoms with Gasteiger partial charge in [-0.1, -0.05) is 0 Å². The number of nitrogens with one attached hydrogen (secondary N) is 1. The first-order valence-corrected chi connectivity index (χ1v) is 6.16. The van der Waals surface area contributed by atoms with Crippen molar-refractivity contribution in [1.82, 2.24) is 10.3 Å². The Morgan fingerprint density at radius 2 is 2.47 bits per heavy atom. The minimum Gasteiger partial charge on any atom is -0.481 e. The predicted octanol–water partition coefficient (Wildman–Crippen LogP) is 1.61. The third-order valence-corrected chi connectivity index (χ3v) is 3.05. The van der Waals surface area contributed by atoms with Gasteiger partial charge in [-0.15, -0.1) is 0 Å². The molecule has 2 heterocycles. The van der Waals surface area contributed by atoms with E-state index in [0.29, 0.717) is 18.4 Å². The van der Waals surface area contributed by atoms with Crippen LogP contribution in [-0.4, -0.2) is 31.8 Å². The fraction of sp³-hybridized carbons (Fsp3) is 0.615. The molecule has 0 amide bonds. The van der Waals surface area contributed by atoms with Gasteiger partial charge in [0.2, 0.25) is 5.88 Å². The van der Waals surface area contributed by atoms with Crippen LogP contribution >= 0.6 is 0 Å². The summed E-state index contributed by atoms with van der Waals surface area (Å²) in [6, 6.07) is 3.90. The Bertz CT molecular complexity index is 338. The first kappa shape index (κ1) is 12.3. The lowest BCUT2D eigenvalue weighted by atomic mass is 10.0. The van der Waals surface area contributed by atoms with E-state index in [9.17, 15) is 0 Å². The van der Waals surface area contributed by atoms with Gasteiger partial charge in [-0.25, -0.2) is 4.98 Å². The van der Waals surface area contributed by atoms with Crippen molar-refractivity contribution < 1.29 is 9.47 Å². The lowest BCUT2D eigenvalue weighted by Gasteiger charge is -2.22. The van der Waals surface area contributed by atoms with Gasteiger partial charge in [-0.2, -0.15) is 0 Å². The molecule has 17 heavy (non-hydrogen) atoms. The zero-order valence-electron chi connectivity index (χ0n) is 10.3. The highest BCUT2D eigenvalue weighted by Gasteiger charge is 2.13. The molecule has 0 radical (unpaired) electrons. The predicted molar refractivity (Wildman–Crippen MR) is 66.0 cm³/mol. The Morgan fingerprint density at radius 3 is 3.24 bits per heavy atom. The number of hydrogen-bond acceptors (Lipinski definition) is 4. The molecular weight excluding hydrogens is 216 g/mol. The highest BCUT2D eigenvalue weighted by molar-refractivity contribution is 5.24. The molecule has 0 bridgehead atoms. The normalized spacial score (nSPS) is 20.2.